The van der Waals surface area contributed by atoms with Crippen LogP contribution in [0.2, 0.25) is 0 Å². The number of benzene rings is 2. The average molecular weight is 296 g/mol. The fourth-order valence-corrected chi connectivity index (χ4v) is 2.75. The van der Waals surface area contributed by atoms with E-state index >= 15 is 0 Å². The number of hydrogen-bond donors (Lipinski definition) is 1. The molecule has 0 saturated heterocycles. The van der Waals surface area contributed by atoms with E-state index in [0.29, 0.717) is 17.7 Å². The van der Waals surface area contributed by atoms with Crippen LogP contribution in [0.1, 0.15) is 11.1 Å². The monoisotopic (exact) mass is 296 g/mol. The van der Waals surface area contributed by atoms with Crippen molar-refractivity contribution in [2.75, 3.05) is 7.05 Å². The van der Waals surface area contributed by atoms with Gasteiger partial charge in [0.05, 0.1) is 0 Å². The molecule has 0 radical (unpaired) electrons. The Morgan fingerprint density at radius 1 is 1.23 bits per heavy atom. The molecular weight excluding hydrogens is 280 g/mol. The second-order valence-electron chi connectivity index (χ2n) is 5.27. The summed E-state index contributed by atoms with van der Waals surface area (Å²) in [6.45, 7) is 2.69. The highest BCUT2D eigenvalue weighted by molar-refractivity contribution is 5.98. The summed E-state index contributed by atoms with van der Waals surface area (Å²) in [7, 11) is 1.87. The first-order valence-electron chi connectivity index (χ1n) is 7.01. The molecule has 3 aromatic rings. The van der Waals surface area contributed by atoms with Crippen molar-refractivity contribution >= 4 is 16.9 Å². The molecule has 112 valence electrons. The number of nitrogens with one attached hydrogen (secondary N) is 1. The molecule has 0 aliphatic carbocycles. The van der Waals surface area contributed by atoms with Gasteiger partial charge < -0.3 is 9.73 Å². The summed E-state index contributed by atoms with van der Waals surface area (Å²) in [5.41, 5.74) is 4.02. The van der Waals surface area contributed by atoms with E-state index in [9.17, 15) is 10.1 Å². The molecule has 22 heavy (non-hydrogen) atoms. The minimum atomic E-state index is -0.463. The Bertz CT molecular complexity index is 852. The van der Waals surface area contributed by atoms with Gasteiger partial charge in [-0.05, 0) is 37.2 Å². The van der Waals surface area contributed by atoms with Gasteiger partial charge in [-0.1, -0.05) is 35.9 Å². The lowest BCUT2D eigenvalue weighted by Crippen LogP contribution is -2.05. The fourth-order valence-electron chi connectivity index (χ4n) is 2.75. The standard InChI is InChI=1S/C17H16N2O3/c1-11-7-12(10-18-2)9-13(8-11)16-14-5-3-4-6-15(14)22-17(16)19(20)21/h3-9,18H,10H2,1-2H3. The Morgan fingerprint density at radius 2 is 2.00 bits per heavy atom. The second-order valence-corrected chi connectivity index (χ2v) is 5.27. The Balaban J connectivity index is 2.29. The predicted molar refractivity (Wildman–Crippen MR) is 85.8 cm³/mol. The van der Waals surface area contributed by atoms with Gasteiger partial charge in [0.1, 0.15) is 16.1 Å². The number of nitrogens with zero attached hydrogens (tertiary/aromatic N) is 1. The van der Waals surface area contributed by atoms with Crippen molar-refractivity contribution in [2.45, 2.75) is 13.5 Å². The smallest absolute Gasteiger partial charge is 0.400 e. The van der Waals surface area contributed by atoms with Crippen molar-refractivity contribution in [1.82, 2.24) is 5.32 Å². The zero-order chi connectivity index (χ0) is 15.7. The van der Waals surface area contributed by atoms with E-state index in [1.165, 1.54) is 0 Å². The van der Waals surface area contributed by atoms with Gasteiger partial charge in [-0.3, -0.25) is 10.1 Å². The van der Waals surface area contributed by atoms with Gasteiger partial charge in [0.25, 0.3) is 0 Å². The number of aryl methyl sites for hydroxylation is 1. The van der Waals surface area contributed by atoms with Crippen LogP contribution in [0.5, 0.6) is 0 Å². The molecule has 5 nitrogen and oxygen atoms in total. The number of hydrogen-bond acceptors (Lipinski definition) is 4. The number of furan rings is 1. The summed E-state index contributed by atoms with van der Waals surface area (Å²) in [5.74, 6) is -0.206. The lowest BCUT2D eigenvalue weighted by Gasteiger charge is -2.06. The van der Waals surface area contributed by atoms with E-state index in [-0.39, 0.29) is 5.88 Å². The van der Waals surface area contributed by atoms with Crippen molar-refractivity contribution in [1.29, 1.82) is 0 Å². The van der Waals surface area contributed by atoms with Gasteiger partial charge in [-0.25, -0.2) is 0 Å². The van der Waals surface area contributed by atoms with Crippen molar-refractivity contribution in [2.24, 2.45) is 0 Å². The summed E-state index contributed by atoms with van der Waals surface area (Å²) in [6.07, 6.45) is 0. The minimum Gasteiger partial charge on any atom is -0.400 e. The molecular formula is C17H16N2O3. The summed E-state index contributed by atoms with van der Waals surface area (Å²) in [6, 6.07) is 13.2. The third-order valence-corrected chi connectivity index (χ3v) is 3.55. The molecule has 1 N–H and O–H groups in total. The Labute approximate surface area is 127 Å². The first kappa shape index (κ1) is 14.3. The number of para-hydroxylation sites is 1. The van der Waals surface area contributed by atoms with Crippen LogP contribution in [0.15, 0.2) is 46.9 Å². The Kier molecular flexibility index (Phi) is 3.65. The Hall–Kier alpha value is -2.66. The van der Waals surface area contributed by atoms with Gasteiger partial charge in [0.15, 0.2) is 0 Å². The summed E-state index contributed by atoms with van der Waals surface area (Å²) >= 11 is 0. The van der Waals surface area contributed by atoms with E-state index in [1.807, 2.05) is 44.3 Å². The van der Waals surface area contributed by atoms with Crippen LogP contribution in [0.25, 0.3) is 22.1 Å². The van der Waals surface area contributed by atoms with Gasteiger partial charge >= 0.3 is 5.88 Å². The van der Waals surface area contributed by atoms with Crippen LogP contribution < -0.4 is 5.32 Å². The largest absolute Gasteiger partial charge is 0.442 e. The van der Waals surface area contributed by atoms with Crippen LogP contribution in [-0.2, 0) is 6.54 Å². The summed E-state index contributed by atoms with van der Waals surface area (Å²) < 4.78 is 5.44. The molecule has 0 aliphatic heterocycles. The normalized spacial score (nSPS) is 11.0. The first-order valence-corrected chi connectivity index (χ1v) is 7.01. The van der Waals surface area contributed by atoms with E-state index in [1.54, 1.807) is 6.07 Å². The highest BCUT2D eigenvalue weighted by Crippen LogP contribution is 2.40. The quantitative estimate of drug-likeness (QED) is 0.583. The number of fused-ring (bicyclic) bond motifs is 1. The summed E-state index contributed by atoms with van der Waals surface area (Å²) in [5, 5.41) is 15.2. The lowest BCUT2D eigenvalue weighted by molar-refractivity contribution is -0.400. The van der Waals surface area contributed by atoms with Gasteiger partial charge in [0.2, 0.25) is 0 Å². The van der Waals surface area contributed by atoms with E-state index in [2.05, 4.69) is 11.4 Å². The number of rotatable bonds is 4. The van der Waals surface area contributed by atoms with Gasteiger partial charge in [-0.2, -0.15) is 0 Å². The minimum absolute atomic E-state index is 0.206. The highest BCUT2D eigenvalue weighted by atomic mass is 16.6. The first-order chi connectivity index (χ1) is 10.6. The summed E-state index contributed by atoms with van der Waals surface area (Å²) in [4.78, 5) is 10.9. The molecule has 5 heteroatoms. The Morgan fingerprint density at radius 3 is 2.73 bits per heavy atom. The van der Waals surface area contributed by atoms with Crippen LogP contribution in [0, 0.1) is 17.0 Å². The predicted octanol–water partition coefficient (Wildman–Crippen LogP) is 4.04. The van der Waals surface area contributed by atoms with Crippen LogP contribution in [0.4, 0.5) is 5.88 Å². The molecule has 1 heterocycles. The molecule has 0 fully saturated rings. The SMILES string of the molecule is CNCc1cc(C)cc(-c2c([N+](=O)[O-])oc3ccccc23)c1. The molecule has 0 saturated carbocycles. The van der Waals surface area contributed by atoms with Crippen LogP contribution in [-0.4, -0.2) is 12.0 Å². The molecule has 1 aromatic heterocycles. The van der Waals surface area contributed by atoms with Crippen molar-refractivity contribution in [3.8, 4) is 11.1 Å². The van der Waals surface area contributed by atoms with Crippen LogP contribution >= 0.6 is 0 Å². The average Bonchev–Trinajstić information content (AvgIpc) is 2.86. The molecule has 0 amide bonds. The molecule has 0 atom stereocenters. The number of nitro groups is 1. The maximum Gasteiger partial charge on any atom is 0.442 e. The lowest BCUT2D eigenvalue weighted by atomic mass is 9.99. The fraction of sp³-hybridized carbons (Fsp3) is 0.176. The van der Waals surface area contributed by atoms with Crippen molar-refractivity contribution in [3.63, 3.8) is 0 Å². The zero-order valence-electron chi connectivity index (χ0n) is 12.4. The van der Waals surface area contributed by atoms with Crippen molar-refractivity contribution < 1.29 is 9.34 Å². The topological polar surface area (TPSA) is 68.3 Å². The molecule has 3 rings (SSSR count). The third kappa shape index (κ3) is 2.46. The molecule has 0 bridgehead atoms. The van der Waals surface area contributed by atoms with E-state index in [4.69, 9.17) is 4.42 Å². The van der Waals surface area contributed by atoms with E-state index in [0.717, 1.165) is 22.1 Å². The molecule has 0 spiro atoms. The maximum absolute atomic E-state index is 11.4. The van der Waals surface area contributed by atoms with E-state index < -0.39 is 4.92 Å². The van der Waals surface area contributed by atoms with Gasteiger partial charge in [-0.15, -0.1) is 0 Å². The highest BCUT2D eigenvalue weighted by Gasteiger charge is 2.25. The maximum atomic E-state index is 11.4. The molecule has 0 unspecified atom stereocenters. The second kappa shape index (κ2) is 5.61. The van der Waals surface area contributed by atoms with Gasteiger partial charge in [0, 0.05) is 11.9 Å². The molecule has 0 aliphatic rings. The van der Waals surface area contributed by atoms with Crippen LogP contribution in [0.3, 0.4) is 0 Å². The molecule has 2 aromatic carbocycles. The third-order valence-electron chi connectivity index (χ3n) is 3.55. The zero-order valence-corrected chi connectivity index (χ0v) is 12.4. The van der Waals surface area contributed by atoms with Crippen molar-refractivity contribution in [3.05, 3.63) is 63.7 Å².